The highest BCUT2D eigenvalue weighted by atomic mass is 79.9. The fraction of sp³-hybridized carbons (Fsp3) is 0.143. The first-order valence-electron chi connectivity index (χ1n) is 8.37. The van der Waals surface area contributed by atoms with E-state index in [1.165, 1.54) is 0 Å². The lowest BCUT2D eigenvalue weighted by molar-refractivity contribution is 0.103. The van der Waals surface area contributed by atoms with Crippen LogP contribution in [0.1, 0.15) is 28.5 Å². The van der Waals surface area contributed by atoms with Crippen LogP contribution in [0.15, 0.2) is 62.2 Å². The van der Waals surface area contributed by atoms with Crippen molar-refractivity contribution in [3.63, 3.8) is 0 Å². The van der Waals surface area contributed by atoms with Gasteiger partial charge in [0.25, 0.3) is 0 Å². The molecular weight excluding hydrogens is 394 g/mol. The number of benzene rings is 2. The monoisotopic (exact) mass is 409 g/mol. The summed E-state index contributed by atoms with van der Waals surface area (Å²) in [4.78, 5) is 25.8. The zero-order valence-electron chi connectivity index (χ0n) is 14.4. The molecule has 0 fully saturated rings. The van der Waals surface area contributed by atoms with Gasteiger partial charge in [-0.2, -0.15) is 0 Å². The first-order chi connectivity index (χ1) is 12.5. The topological polar surface area (TPSA) is 52.2 Å². The number of hydrogen-bond donors (Lipinski definition) is 0. The largest absolute Gasteiger partial charge is 0.422 e. The van der Waals surface area contributed by atoms with Gasteiger partial charge >= 0.3 is 5.63 Å². The van der Waals surface area contributed by atoms with Crippen molar-refractivity contribution in [2.24, 2.45) is 0 Å². The minimum atomic E-state index is -0.409. The maximum absolute atomic E-state index is 13.2. The maximum atomic E-state index is 13.2. The third kappa shape index (κ3) is 2.42. The standard InChI is InChI=1S/C21H16BrNO3/c1-3-23-18(20(24)13-8-10-14(22)11-9-13)12(2)17-19(23)15-6-4-5-7-16(15)26-21(17)25/h4-11H,3H2,1-2H3. The van der Waals surface area contributed by atoms with Gasteiger partial charge in [0.05, 0.1) is 16.6 Å². The van der Waals surface area contributed by atoms with Gasteiger partial charge in [0.15, 0.2) is 0 Å². The SMILES string of the molecule is CCn1c(C(=O)c2ccc(Br)cc2)c(C)c2c(=O)oc3ccccc3c21. The Bertz CT molecular complexity index is 1220. The first kappa shape index (κ1) is 16.8. The summed E-state index contributed by atoms with van der Waals surface area (Å²) in [6.45, 7) is 4.36. The number of nitrogens with zero attached hydrogens (tertiary/aromatic N) is 1. The number of halogens is 1. The predicted molar refractivity (Wildman–Crippen MR) is 106 cm³/mol. The second-order valence-electron chi connectivity index (χ2n) is 6.16. The Morgan fingerprint density at radius 1 is 1.12 bits per heavy atom. The summed E-state index contributed by atoms with van der Waals surface area (Å²) in [5.41, 5.74) is 2.66. The van der Waals surface area contributed by atoms with E-state index in [9.17, 15) is 9.59 Å². The van der Waals surface area contributed by atoms with Gasteiger partial charge in [-0.25, -0.2) is 4.79 Å². The Balaban J connectivity index is 2.10. The van der Waals surface area contributed by atoms with Crippen molar-refractivity contribution in [3.05, 3.63) is 80.2 Å². The lowest BCUT2D eigenvalue weighted by Gasteiger charge is -2.09. The Kier molecular flexibility index (Phi) is 4.04. The number of rotatable bonds is 3. The van der Waals surface area contributed by atoms with E-state index in [1.54, 1.807) is 18.2 Å². The summed E-state index contributed by atoms with van der Waals surface area (Å²) in [7, 11) is 0. The molecule has 0 bridgehead atoms. The van der Waals surface area contributed by atoms with Crippen LogP contribution in [0.2, 0.25) is 0 Å². The molecule has 130 valence electrons. The molecule has 5 heteroatoms. The van der Waals surface area contributed by atoms with Gasteiger partial charge in [-0.05, 0) is 55.8 Å². The van der Waals surface area contributed by atoms with Crippen molar-refractivity contribution in [3.8, 4) is 0 Å². The van der Waals surface area contributed by atoms with Gasteiger partial charge in [-0.3, -0.25) is 4.79 Å². The lowest BCUT2D eigenvalue weighted by Crippen LogP contribution is -2.10. The van der Waals surface area contributed by atoms with Gasteiger partial charge < -0.3 is 8.98 Å². The van der Waals surface area contributed by atoms with Crippen molar-refractivity contribution >= 4 is 43.6 Å². The zero-order valence-corrected chi connectivity index (χ0v) is 16.0. The highest BCUT2D eigenvalue weighted by Gasteiger charge is 2.24. The van der Waals surface area contributed by atoms with Gasteiger partial charge in [0, 0.05) is 22.0 Å². The summed E-state index contributed by atoms with van der Waals surface area (Å²) < 4.78 is 8.32. The van der Waals surface area contributed by atoms with E-state index in [1.807, 2.05) is 48.7 Å². The molecule has 0 aliphatic carbocycles. The van der Waals surface area contributed by atoms with Crippen molar-refractivity contribution < 1.29 is 9.21 Å². The Morgan fingerprint density at radius 2 is 1.81 bits per heavy atom. The number of fused-ring (bicyclic) bond motifs is 3. The molecule has 0 spiro atoms. The summed E-state index contributed by atoms with van der Waals surface area (Å²) >= 11 is 3.39. The quantitative estimate of drug-likeness (QED) is 0.350. The number of hydrogen-bond acceptors (Lipinski definition) is 3. The van der Waals surface area contributed by atoms with Crippen molar-refractivity contribution in [1.29, 1.82) is 0 Å². The second kappa shape index (κ2) is 6.25. The van der Waals surface area contributed by atoms with Crippen molar-refractivity contribution in [2.75, 3.05) is 0 Å². The van der Waals surface area contributed by atoms with Crippen molar-refractivity contribution in [1.82, 2.24) is 4.57 Å². The lowest BCUT2D eigenvalue weighted by atomic mass is 10.0. The van der Waals surface area contributed by atoms with E-state index in [0.717, 1.165) is 15.4 Å². The molecule has 0 radical (unpaired) electrons. The molecule has 4 nitrogen and oxygen atoms in total. The van der Waals surface area contributed by atoms with E-state index in [2.05, 4.69) is 15.9 Å². The van der Waals surface area contributed by atoms with Crippen LogP contribution >= 0.6 is 15.9 Å². The van der Waals surface area contributed by atoms with E-state index < -0.39 is 5.63 Å². The summed E-state index contributed by atoms with van der Waals surface area (Å²) in [5.74, 6) is -0.100. The van der Waals surface area contributed by atoms with Crippen LogP contribution in [-0.4, -0.2) is 10.4 Å². The molecule has 0 saturated heterocycles. The zero-order chi connectivity index (χ0) is 18.4. The van der Waals surface area contributed by atoms with Gasteiger partial charge in [-0.1, -0.05) is 28.1 Å². The minimum Gasteiger partial charge on any atom is -0.422 e. The summed E-state index contributed by atoms with van der Waals surface area (Å²) in [5, 5.41) is 1.31. The molecule has 4 aromatic rings. The molecule has 0 aliphatic heterocycles. The van der Waals surface area contributed by atoms with Crippen LogP contribution in [0.4, 0.5) is 0 Å². The average Bonchev–Trinajstić information content (AvgIpc) is 2.95. The molecule has 2 heterocycles. The van der Waals surface area contributed by atoms with Crippen LogP contribution in [-0.2, 0) is 6.54 Å². The Morgan fingerprint density at radius 3 is 2.50 bits per heavy atom. The molecule has 0 amide bonds. The van der Waals surface area contributed by atoms with Gasteiger partial charge in [-0.15, -0.1) is 0 Å². The fourth-order valence-corrected chi connectivity index (χ4v) is 3.79. The number of carbonyl (C=O) groups excluding carboxylic acids is 1. The Hall–Kier alpha value is -2.66. The molecule has 2 aromatic carbocycles. The predicted octanol–water partition coefficient (Wildman–Crippen LogP) is 5.07. The van der Waals surface area contributed by atoms with Crippen LogP contribution in [0, 0.1) is 6.92 Å². The van der Waals surface area contributed by atoms with Crippen LogP contribution < -0.4 is 5.63 Å². The summed E-state index contributed by atoms with van der Waals surface area (Å²) in [6, 6.07) is 14.7. The van der Waals surface area contributed by atoms with Gasteiger partial charge in [0.2, 0.25) is 5.78 Å². The molecule has 0 unspecified atom stereocenters. The molecule has 0 N–H and O–H groups in total. The van der Waals surface area contributed by atoms with E-state index in [4.69, 9.17) is 4.42 Å². The molecule has 0 saturated carbocycles. The maximum Gasteiger partial charge on any atom is 0.346 e. The second-order valence-corrected chi connectivity index (χ2v) is 7.08. The molecule has 26 heavy (non-hydrogen) atoms. The van der Waals surface area contributed by atoms with Crippen molar-refractivity contribution in [2.45, 2.75) is 20.4 Å². The summed E-state index contributed by atoms with van der Waals surface area (Å²) in [6.07, 6.45) is 0. The van der Waals surface area contributed by atoms with E-state index in [0.29, 0.717) is 34.3 Å². The number of ketones is 1. The number of carbonyl (C=O) groups is 1. The highest BCUT2D eigenvalue weighted by molar-refractivity contribution is 9.10. The van der Waals surface area contributed by atoms with Crippen LogP contribution in [0.3, 0.4) is 0 Å². The molecule has 0 aliphatic rings. The fourth-order valence-electron chi connectivity index (χ4n) is 3.52. The van der Waals surface area contributed by atoms with E-state index in [-0.39, 0.29) is 5.78 Å². The third-order valence-corrected chi connectivity index (χ3v) is 5.22. The van der Waals surface area contributed by atoms with Crippen LogP contribution in [0.25, 0.3) is 21.9 Å². The molecular formula is C21H16BrNO3. The van der Waals surface area contributed by atoms with Gasteiger partial charge in [0.1, 0.15) is 5.58 Å². The normalized spacial score (nSPS) is 11.3. The Labute approximate surface area is 158 Å². The third-order valence-electron chi connectivity index (χ3n) is 4.69. The molecule has 2 aromatic heterocycles. The highest BCUT2D eigenvalue weighted by Crippen LogP contribution is 2.31. The number of para-hydroxylation sites is 1. The van der Waals surface area contributed by atoms with Crippen LogP contribution in [0.5, 0.6) is 0 Å². The number of aryl methyl sites for hydroxylation is 2. The first-order valence-corrected chi connectivity index (χ1v) is 9.17. The van der Waals surface area contributed by atoms with E-state index >= 15 is 0 Å². The minimum absolute atomic E-state index is 0.100. The molecule has 4 rings (SSSR count). The average molecular weight is 410 g/mol. The smallest absolute Gasteiger partial charge is 0.346 e. The number of aromatic nitrogens is 1. The molecule has 0 atom stereocenters.